The van der Waals surface area contributed by atoms with Gasteiger partial charge in [-0.2, -0.15) is 0 Å². The maximum Gasteiger partial charge on any atom is 0.261 e. The summed E-state index contributed by atoms with van der Waals surface area (Å²) in [4.78, 5) is 15.0. The van der Waals surface area contributed by atoms with E-state index in [0.29, 0.717) is 28.3 Å². The van der Waals surface area contributed by atoms with Crippen molar-refractivity contribution in [2.45, 2.75) is 50.4 Å². The molecular formula is C18H30ClN3O4S2. The van der Waals surface area contributed by atoms with Crippen molar-refractivity contribution in [3.63, 3.8) is 0 Å². The lowest BCUT2D eigenvalue weighted by Gasteiger charge is -2.35. The van der Waals surface area contributed by atoms with E-state index in [1.54, 1.807) is 12.1 Å². The highest BCUT2D eigenvalue weighted by molar-refractivity contribution is 7.90. The van der Waals surface area contributed by atoms with Crippen LogP contribution in [0.2, 0.25) is 4.34 Å². The number of methoxy groups -OCH3 is 1. The molecule has 10 heteroatoms. The van der Waals surface area contributed by atoms with Gasteiger partial charge in [0.15, 0.2) is 0 Å². The Balaban J connectivity index is 1.95. The standard InChI is InChI=1S/C18H30ClN3O4S2/c1-13(2)22-9-6-14(7-10-22)21-28(24,25)15(8-11-26-3)12-20-18(23)16-4-5-17(19)27-16/h4-5,13-15,21H,6-12H2,1-3H3,(H,20,23). The fourth-order valence-corrected chi connectivity index (χ4v) is 5.77. The molecule has 160 valence electrons. The average Bonchev–Trinajstić information content (AvgIpc) is 3.08. The first-order chi connectivity index (χ1) is 13.2. The number of nitrogens with zero attached hydrogens (tertiary/aromatic N) is 1. The van der Waals surface area contributed by atoms with E-state index < -0.39 is 15.3 Å². The summed E-state index contributed by atoms with van der Waals surface area (Å²) in [5, 5.41) is 1.96. The van der Waals surface area contributed by atoms with Crippen LogP contribution in [0.25, 0.3) is 0 Å². The van der Waals surface area contributed by atoms with Gasteiger partial charge in [-0.25, -0.2) is 13.1 Å². The van der Waals surface area contributed by atoms with Gasteiger partial charge in [0.05, 0.1) is 14.5 Å². The van der Waals surface area contributed by atoms with Gasteiger partial charge in [0.1, 0.15) is 0 Å². The minimum absolute atomic E-state index is 0.0257. The normalized spacial score (nSPS) is 17.8. The maximum atomic E-state index is 12.9. The van der Waals surface area contributed by atoms with Crippen LogP contribution in [0.5, 0.6) is 0 Å². The molecule has 2 rings (SSSR count). The molecule has 1 unspecified atom stereocenters. The lowest BCUT2D eigenvalue weighted by atomic mass is 10.1. The minimum Gasteiger partial charge on any atom is -0.385 e. The van der Waals surface area contributed by atoms with Crippen molar-refractivity contribution >= 4 is 38.9 Å². The molecule has 1 aliphatic rings. The van der Waals surface area contributed by atoms with Crippen LogP contribution in [-0.4, -0.2) is 69.9 Å². The molecule has 0 aliphatic carbocycles. The molecule has 1 amide bonds. The monoisotopic (exact) mass is 451 g/mol. The molecule has 0 aromatic carbocycles. The number of sulfonamides is 1. The van der Waals surface area contributed by atoms with E-state index in [1.165, 1.54) is 7.11 Å². The number of ether oxygens (including phenoxy) is 1. The van der Waals surface area contributed by atoms with E-state index in [4.69, 9.17) is 16.3 Å². The third kappa shape index (κ3) is 6.96. The Bertz CT molecular complexity index is 731. The molecule has 1 saturated heterocycles. The van der Waals surface area contributed by atoms with Gasteiger partial charge in [-0.05, 0) is 58.3 Å². The van der Waals surface area contributed by atoms with Gasteiger partial charge in [0.25, 0.3) is 5.91 Å². The molecular weight excluding hydrogens is 422 g/mol. The molecule has 7 nitrogen and oxygen atoms in total. The van der Waals surface area contributed by atoms with Crippen LogP contribution < -0.4 is 10.0 Å². The summed E-state index contributed by atoms with van der Waals surface area (Å²) in [5.41, 5.74) is 0. The third-order valence-corrected chi connectivity index (χ3v) is 8.13. The number of thiophene rings is 1. The predicted octanol–water partition coefficient (Wildman–Crippen LogP) is 2.33. The van der Waals surface area contributed by atoms with Gasteiger partial charge in [0.2, 0.25) is 10.0 Å². The van der Waals surface area contributed by atoms with Gasteiger partial charge in [-0.3, -0.25) is 4.79 Å². The van der Waals surface area contributed by atoms with Gasteiger partial charge in [0, 0.05) is 32.3 Å². The second-order valence-electron chi connectivity index (χ2n) is 7.28. The highest BCUT2D eigenvalue weighted by Crippen LogP contribution is 2.21. The van der Waals surface area contributed by atoms with Crippen molar-refractivity contribution in [2.75, 3.05) is 33.4 Å². The summed E-state index contributed by atoms with van der Waals surface area (Å²) in [5.74, 6) is -0.320. The summed E-state index contributed by atoms with van der Waals surface area (Å²) < 4.78 is 34.3. The largest absolute Gasteiger partial charge is 0.385 e. The number of hydrogen-bond donors (Lipinski definition) is 2. The van der Waals surface area contributed by atoms with E-state index in [-0.39, 0.29) is 18.5 Å². The van der Waals surface area contributed by atoms with Crippen LogP contribution in [0.1, 0.15) is 42.8 Å². The van der Waals surface area contributed by atoms with Crippen molar-refractivity contribution in [1.29, 1.82) is 0 Å². The molecule has 1 aliphatic heterocycles. The van der Waals surface area contributed by atoms with Crippen LogP contribution in [0.4, 0.5) is 0 Å². The first-order valence-electron chi connectivity index (χ1n) is 9.50. The van der Waals surface area contributed by atoms with Gasteiger partial charge >= 0.3 is 0 Å². The van der Waals surface area contributed by atoms with E-state index in [2.05, 4.69) is 28.8 Å². The zero-order valence-electron chi connectivity index (χ0n) is 16.6. The number of amides is 1. The molecule has 0 bridgehead atoms. The van der Waals surface area contributed by atoms with Crippen molar-refractivity contribution in [1.82, 2.24) is 14.9 Å². The fourth-order valence-electron chi connectivity index (χ4n) is 3.21. The van der Waals surface area contributed by atoms with Gasteiger partial charge in [-0.1, -0.05) is 11.6 Å². The Kier molecular flexibility index (Phi) is 9.17. The zero-order chi connectivity index (χ0) is 20.7. The van der Waals surface area contributed by atoms with Crippen LogP contribution in [0, 0.1) is 0 Å². The van der Waals surface area contributed by atoms with Crippen LogP contribution in [-0.2, 0) is 14.8 Å². The molecule has 1 aromatic rings. The first kappa shape index (κ1) is 23.6. The molecule has 2 heterocycles. The topological polar surface area (TPSA) is 87.7 Å². The maximum absolute atomic E-state index is 12.9. The Morgan fingerprint density at radius 2 is 2.04 bits per heavy atom. The van der Waals surface area contributed by atoms with Gasteiger partial charge < -0.3 is 15.0 Å². The van der Waals surface area contributed by atoms with Crippen LogP contribution >= 0.6 is 22.9 Å². The Morgan fingerprint density at radius 1 is 1.36 bits per heavy atom. The number of likely N-dealkylation sites (tertiary alicyclic amines) is 1. The Hall–Kier alpha value is -0.710. The van der Waals surface area contributed by atoms with Crippen LogP contribution in [0.3, 0.4) is 0 Å². The van der Waals surface area contributed by atoms with E-state index in [1.807, 2.05) is 0 Å². The third-order valence-electron chi connectivity index (χ3n) is 4.96. The Labute approximate surface area is 176 Å². The van der Waals surface area contributed by atoms with E-state index >= 15 is 0 Å². The average molecular weight is 452 g/mol. The molecule has 1 fully saturated rings. The molecule has 0 radical (unpaired) electrons. The van der Waals surface area contributed by atoms with Crippen molar-refractivity contribution in [3.05, 3.63) is 21.3 Å². The molecule has 2 N–H and O–H groups in total. The lowest BCUT2D eigenvalue weighted by molar-refractivity contribution is 0.0956. The highest BCUT2D eigenvalue weighted by Gasteiger charge is 2.30. The minimum atomic E-state index is -3.59. The number of hydrogen-bond acceptors (Lipinski definition) is 6. The quantitative estimate of drug-likeness (QED) is 0.570. The SMILES string of the molecule is COCCC(CNC(=O)c1ccc(Cl)s1)S(=O)(=O)NC1CCN(C(C)C)CC1. The van der Waals surface area contributed by atoms with Crippen molar-refractivity contribution < 1.29 is 17.9 Å². The number of halogens is 1. The number of carbonyl (C=O) groups excluding carboxylic acids is 1. The summed E-state index contributed by atoms with van der Waals surface area (Å²) in [6, 6.07) is 3.66. The van der Waals surface area contributed by atoms with Crippen molar-refractivity contribution in [2.24, 2.45) is 0 Å². The summed E-state index contributed by atoms with van der Waals surface area (Å²) in [6.45, 7) is 6.38. The lowest BCUT2D eigenvalue weighted by Crippen LogP contribution is -2.50. The summed E-state index contributed by atoms with van der Waals surface area (Å²) in [7, 11) is -2.06. The zero-order valence-corrected chi connectivity index (χ0v) is 19.0. The Morgan fingerprint density at radius 3 is 2.57 bits per heavy atom. The summed E-state index contributed by atoms with van der Waals surface area (Å²) in [6.07, 6.45) is 1.88. The summed E-state index contributed by atoms with van der Waals surface area (Å²) >= 11 is 7.02. The second kappa shape index (κ2) is 10.9. The second-order valence-corrected chi connectivity index (χ2v) is 11.0. The molecule has 28 heavy (non-hydrogen) atoms. The number of nitrogens with one attached hydrogen (secondary N) is 2. The predicted molar refractivity (Wildman–Crippen MR) is 114 cm³/mol. The van der Waals surface area contributed by atoms with E-state index in [9.17, 15) is 13.2 Å². The molecule has 1 atom stereocenters. The first-order valence-corrected chi connectivity index (χ1v) is 12.2. The molecule has 0 saturated carbocycles. The van der Waals surface area contributed by atoms with E-state index in [0.717, 1.165) is 37.3 Å². The number of rotatable bonds is 10. The number of piperidine rings is 1. The smallest absolute Gasteiger partial charge is 0.261 e. The highest BCUT2D eigenvalue weighted by atomic mass is 35.5. The van der Waals surface area contributed by atoms with Crippen molar-refractivity contribution in [3.8, 4) is 0 Å². The van der Waals surface area contributed by atoms with Crippen LogP contribution in [0.15, 0.2) is 12.1 Å². The fraction of sp³-hybridized carbons (Fsp3) is 0.722. The number of carbonyl (C=O) groups is 1. The molecule has 1 aromatic heterocycles. The molecule has 0 spiro atoms. The van der Waals surface area contributed by atoms with Gasteiger partial charge in [-0.15, -0.1) is 11.3 Å².